The Kier molecular flexibility index (Phi) is 4.07. The molecule has 0 aliphatic carbocycles. The fourth-order valence-corrected chi connectivity index (χ4v) is 1.88. The summed E-state index contributed by atoms with van der Waals surface area (Å²) in [4.78, 5) is 11.2. The fourth-order valence-electron chi connectivity index (χ4n) is 1.75. The lowest BCUT2D eigenvalue weighted by molar-refractivity contribution is -0.307. The number of carboxylic acid groups (broad SMARTS) is 1. The zero-order valence-electron chi connectivity index (χ0n) is 10.4. The molecule has 98 valence electrons. The van der Waals surface area contributed by atoms with Gasteiger partial charge in [0.15, 0.2) is 0 Å². The molecule has 2 rings (SSSR count). The molecule has 0 spiro atoms. The van der Waals surface area contributed by atoms with Crippen molar-refractivity contribution in [3.63, 3.8) is 0 Å². The summed E-state index contributed by atoms with van der Waals surface area (Å²) in [7, 11) is 0. The van der Waals surface area contributed by atoms with Crippen LogP contribution in [0.3, 0.4) is 0 Å². The lowest BCUT2D eigenvalue weighted by Gasteiger charge is -2.21. The highest BCUT2D eigenvalue weighted by atomic mass is 35.5. The summed E-state index contributed by atoms with van der Waals surface area (Å²) in [5, 5.41) is 14.8. The van der Waals surface area contributed by atoms with Gasteiger partial charge < -0.3 is 15.2 Å². The number of hydrogen-bond donors (Lipinski definition) is 1. The second-order valence-electron chi connectivity index (χ2n) is 4.31. The molecule has 0 radical (unpaired) electrons. The Balaban J connectivity index is 2.23. The summed E-state index contributed by atoms with van der Waals surface area (Å²) in [6.45, 7) is 1.97. The van der Waals surface area contributed by atoms with Gasteiger partial charge in [0.05, 0.1) is 12.0 Å². The molecular formula is C15H13ClNO2-. The van der Waals surface area contributed by atoms with Crippen LogP contribution in [0.15, 0.2) is 48.5 Å². The smallest absolute Gasteiger partial charge is 0.0912 e. The molecule has 2 aromatic carbocycles. The zero-order chi connectivity index (χ0) is 13.8. The van der Waals surface area contributed by atoms with Crippen molar-refractivity contribution < 1.29 is 9.90 Å². The molecule has 0 fully saturated rings. The maximum Gasteiger partial charge on any atom is 0.0912 e. The van der Waals surface area contributed by atoms with Crippen LogP contribution in [0.25, 0.3) is 0 Å². The molecule has 0 saturated heterocycles. The molecule has 0 heterocycles. The predicted octanol–water partition coefficient (Wildman–Crippen LogP) is 2.55. The molecule has 0 saturated carbocycles. The monoisotopic (exact) mass is 274 g/mol. The minimum Gasteiger partial charge on any atom is -0.548 e. The summed E-state index contributed by atoms with van der Waals surface area (Å²) >= 11 is 5.79. The van der Waals surface area contributed by atoms with E-state index in [0.29, 0.717) is 10.6 Å². The van der Waals surface area contributed by atoms with E-state index in [2.05, 4.69) is 5.32 Å². The first-order chi connectivity index (χ1) is 9.06. The van der Waals surface area contributed by atoms with Gasteiger partial charge in [-0.25, -0.2) is 0 Å². The molecule has 0 unspecified atom stereocenters. The highest BCUT2D eigenvalue weighted by Crippen LogP contribution is 2.21. The van der Waals surface area contributed by atoms with E-state index in [1.54, 1.807) is 24.3 Å². The Bertz CT molecular complexity index is 564. The average Bonchev–Trinajstić information content (AvgIpc) is 2.39. The minimum absolute atomic E-state index is 0.566. The van der Waals surface area contributed by atoms with Crippen molar-refractivity contribution in [3.05, 3.63) is 64.7 Å². The molecule has 1 atom stereocenters. The summed E-state index contributed by atoms with van der Waals surface area (Å²) in [5.41, 5.74) is 2.45. The molecule has 0 aliphatic heterocycles. The number of anilines is 1. The first-order valence-corrected chi connectivity index (χ1v) is 6.23. The van der Waals surface area contributed by atoms with Gasteiger partial charge in [-0.1, -0.05) is 41.4 Å². The van der Waals surface area contributed by atoms with Gasteiger partial charge in [0.2, 0.25) is 0 Å². The van der Waals surface area contributed by atoms with Crippen LogP contribution in [0.1, 0.15) is 17.2 Å². The quantitative estimate of drug-likeness (QED) is 0.932. The lowest BCUT2D eigenvalue weighted by Crippen LogP contribution is -2.34. The van der Waals surface area contributed by atoms with Crippen LogP contribution in [0.4, 0.5) is 5.69 Å². The van der Waals surface area contributed by atoms with E-state index < -0.39 is 12.0 Å². The number of benzene rings is 2. The summed E-state index contributed by atoms with van der Waals surface area (Å²) in [6.07, 6.45) is 0. The number of carbonyl (C=O) groups excluding carboxylic acids is 1. The normalized spacial score (nSPS) is 11.9. The van der Waals surface area contributed by atoms with Crippen molar-refractivity contribution in [3.8, 4) is 0 Å². The molecule has 1 N–H and O–H groups in total. The number of rotatable bonds is 4. The van der Waals surface area contributed by atoms with Crippen molar-refractivity contribution in [1.82, 2.24) is 0 Å². The Labute approximate surface area is 116 Å². The van der Waals surface area contributed by atoms with Crippen LogP contribution in [-0.2, 0) is 4.79 Å². The molecule has 0 aromatic heterocycles. The third kappa shape index (κ3) is 3.48. The second-order valence-corrected chi connectivity index (χ2v) is 4.75. The van der Waals surface area contributed by atoms with Gasteiger partial charge in [-0.05, 0) is 36.8 Å². The Morgan fingerprint density at radius 3 is 2.21 bits per heavy atom. The standard InChI is InChI=1S/C15H14ClNO2/c1-10-2-8-13(9-3-10)17-14(15(18)19)11-4-6-12(16)7-5-11/h2-9,14,17H,1H3,(H,18,19)/p-1/t14-/m1/s1. The summed E-state index contributed by atoms with van der Waals surface area (Å²) in [6, 6.07) is 13.2. The van der Waals surface area contributed by atoms with Crippen LogP contribution in [-0.4, -0.2) is 5.97 Å². The van der Waals surface area contributed by atoms with E-state index in [4.69, 9.17) is 11.6 Å². The number of carboxylic acids is 1. The number of halogens is 1. The lowest BCUT2D eigenvalue weighted by atomic mass is 10.1. The largest absolute Gasteiger partial charge is 0.548 e. The van der Waals surface area contributed by atoms with Crippen molar-refractivity contribution in [1.29, 1.82) is 0 Å². The molecule has 0 aliphatic rings. The van der Waals surface area contributed by atoms with Crippen molar-refractivity contribution in [2.45, 2.75) is 13.0 Å². The van der Waals surface area contributed by atoms with E-state index in [0.717, 1.165) is 11.3 Å². The summed E-state index contributed by atoms with van der Waals surface area (Å²) in [5.74, 6) is -1.18. The van der Waals surface area contributed by atoms with Gasteiger partial charge in [-0.3, -0.25) is 0 Å². The first-order valence-electron chi connectivity index (χ1n) is 5.86. The van der Waals surface area contributed by atoms with Crippen LogP contribution < -0.4 is 10.4 Å². The maximum absolute atomic E-state index is 11.2. The van der Waals surface area contributed by atoms with Crippen LogP contribution >= 0.6 is 11.6 Å². The SMILES string of the molecule is Cc1ccc(N[C@@H](C(=O)[O-])c2ccc(Cl)cc2)cc1. The van der Waals surface area contributed by atoms with Crippen molar-refractivity contribution in [2.75, 3.05) is 5.32 Å². The molecule has 4 heteroatoms. The van der Waals surface area contributed by atoms with E-state index in [1.165, 1.54) is 0 Å². The highest BCUT2D eigenvalue weighted by molar-refractivity contribution is 6.30. The number of aryl methyl sites for hydroxylation is 1. The molecule has 3 nitrogen and oxygen atoms in total. The van der Waals surface area contributed by atoms with Crippen LogP contribution in [0, 0.1) is 6.92 Å². The Hall–Kier alpha value is -2.00. The van der Waals surface area contributed by atoms with Gasteiger partial charge in [0, 0.05) is 10.7 Å². The molecule has 2 aromatic rings. The van der Waals surface area contributed by atoms with Crippen LogP contribution in [0.5, 0.6) is 0 Å². The molecular weight excluding hydrogens is 262 g/mol. The number of hydrogen-bond acceptors (Lipinski definition) is 3. The van der Waals surface area contributed by atoms with Crippen molar-refractivity contribution >= 4 is 23.3 Å². The molecule has 0 amide bonds. The van der Waals surface area contributed by atoms with Gasteiger partial charge in [-0.15, -0.1) is 0 Å². The van der Waals surface area contributed by atoms with Gasteiger partial charge in [-0.2, -0.15) is 0 Å². The second kappa shape index (κ2) is 5.76. The van der Waals surface area contributed by atoms with Crippen LogP contribution in [0.2, 0.25) is 5.02 Å². The van der Waals surface area contributed by atoms with E-state index in [-0.39, 0.29) is 0 Å². The van der Waals surface area contributed by atoms with Gasteiger partial charge >= 0.3 is 0 Å². The molecule has 0 bridgehead atoms. The third-order valence-corrected chi connectivity index (χ3v) is 3.05. The van der Waals surface area contributed by atoms with Crippen molar-refractivity contribution in [2.24, 2.45) is 0 Å². The third-order valence-electron chi connectivity index (χ3n) is 2.80. The number of carbonyl (C=O) groups is 1. The fraction of sp³-hybridized carbons (Fsp3) is 0.133. The average molecular weight is 275 g/mol. The topological polar surface area (TPSA) is 52.2 Å². The zero-order valence-corrected chi connectivity index (χ0v) is 11.1. The Morgan fingerprint density at radius 2 is 1.68 bits per heavy atom. The number of nitrogens with one attached hydrogen (secondary N) is 1. The highest BCUT2D eigenvalue weighted by Gasteiger charge is 2.12. The summed E-state index contributed by atoms with van der Waals surface area (Å²) < 4.78 is 0. The van der Waals surface area contributed by atoms with E-state index in [1.807, 2.05) is 31.2 Å². The first kappa shape index (κ1) is 13.4. The number of aliphatic carboxylic acids is 1. The molecule has 19 heavy (non-hydrogen) atoms. The van der Waals surface area contributed by atoms with Gasteiger partial charge in [0.25, 0.3) is 0 Å². The Morgan fingerprint density at radius 1 is 1.11 bits per heavy atom. The van der Waals surface area contributed by atoms with E-state index >= 15 is 0 Å². The minimum atomic E-state index is -1.18. The van der Waals surface area contributed by atoms with E-state index in [9.17, 15) is 9.90 Å². The predicted molar refractivity (Wildman–Crippen MR) is 74.0 cm³/mol. The van der Waals surface area contributed by atoms with Gasteiger partial charge in [0.1, 0.15) is 0 Å². The maximum atomic E-state index is 11.2.